The second-order valence-electron chi connectivity index (χ2n) is 13.2. The number of aromatic nitrogens is 6. The smallest absolute Gasteiger partial charge is 0.258 e. The van der Waals surface area contributed by atoms with Gasteiger partial charge in [-0.15, -0.1) is 5.10 Å². The van der Waals surface area contributed by atoms with Crippen LogP contribution in [0.2, 0.25) is 5.02 Å². The molecule has 3 aliphatic carbocycles. The number of hydrogen-bond acceptors (Lipinski definition) is 6. The van der Waals surface area contributed by atoms with E-state index in [1.165, 1.54) is 19.3 Å². The maximum Gasteiger partial charge on any atom is 0.258 e. The van der Waals surface area contributed by atoms with Gasteiger partial charge in [-0.1, -0.05) is 49.7 Å². The summed E-state index contributed by atoms with van der Waals surface area (Å²) in [6.45, 7) is 7.32. The number of benzene rings is 2. The Kier molecular flexibility index (Phi) is 5.98. The second-order valence-corrected chi connectivity index (χ2v) is 13.6. The predicted octanol–water partition coefficient (Wildman–Crippen LogP) is 6.07. The Balaban J connectivity index is 1.34. The fourth-order valence-electron chi connectivity index (χ4n) is 6.48. The number of anilines is 1. The van der Waals surface area contributed by atoms with Crippen LogP contribution in [-0.2, 0) is 19.0 Å². The van der Waals surface area contributed by atoms with Crippen molar-refractivity contribution in [3.8, 4) is 0 Å². The van der Waals surface area contributed by atoms with Crippen LogP contribution in [0.15, 0.2) is 59.9 Å². The number of nitrogens with zero attached hydrogens (tertiary/aromatic N) is 6. The summed E-state index contributed by atoms with van der Waals surface area (Å²) >= 11 is 6.83. The maximum atomic E-state index is 13.0. The fourth-order valence-corrected chi connectivity index (χ4v) is 6.77. The van der Waals surface area contributed by atoms with Crippen LogP contribution in [-0.4, -0.2) is 36.1 Å². The van der Waals surface area contributed by atoms with E-state index in [0.717, 1.165) is 51.4 Å². The van der Waals surface area contributed by atoms with Crippen molar-refractivity contribution in [1.29, 1.82) is 0 Å². The molecular weight excluding hydrogens is 534 g/mol. The van der Waals surface area contributed by atoms with E-state index >= 15 is 0 Å². The zero-order chi connectivity index (χ0) is 28.5. The molecule has 2 aromatic carbocycles. The van der Waals surface area contributed by atoms with Crippen molar-refractivity contribution in [3.05, 3.63) is 87.3 Å². The van der Waals surface area contributed by atoms with Gasteiger partial charge in [-0.3, -0.25) is 4.79 Å². The summed E-state index contributed by atoms with van der Waals surface area (Å²) in [5.41, 5.74) is 3.93. The quantitative estimate of drug-likeness (QED) is 0.257. The fraction of sp³-hybridized carbons (Fsp3) is 0.406. The van der Waals surface area contributed by atoms with E-state index in [-0.39, 0.29) is 22.4 Å². The van der Waals surface area contributed by atoms with Crippen LogP contribution in [0.5, 0.6) is 0 Å². The number of aryl methyl sites for hydroxylation is 1. The molecule has 8 nitrogen and oxygen atoms in total. The van der Waals surface area contributed by atoms with Crippen molar-refractivity contribution >= 4 is 39.1 Å². The van der Waals surface area contributed by atoms with Crippen molar-refractivity contribution in [2.45, 2.75) is 57.9 Å². The largest absolute Gasteiger partial charge is 0.369 e. The highest BCUT2D eigenvalue weighted by molar-refractivity contribution is 6.35. The van der Waals surface area contributed by atoms with Crippen molar-refractivity contribution in [1.82, 2.24) is 29.5 Å². The molecule has 0 amide bonds. The molecule has 0 spiro atoms. The Bertz CT molecular complexity index is 1850. The Labute approximate surface area is 243 Å². The Morgan fingerprint density at radius 2 is 1.90 bits per heavy atom. The minimum atomic E-state index is -0.129. The van der Waals surface area contributed by atoms with E-state index in [1.54, 1.807) is 17.9 Å². The Morgan fingerprint density at radius 3 is 2.63 bits per heavy atom. The monoisotopic (exact) mass is 567 g/mol. The molecule has 3 saturated carbocycles. The summed E-state index contributed by atoms with van der Waals surface area (Å²) in [5.74, 6) is 1.49. The maximum absolute atomic E-state index is 13.0. The highest BCUT2D eigenvalue weighted by Gasteiger charge is 2.58. The molecule has 9 heteroatoms. The first-order valence-electron chi connectivity index (χ1n) is 14.3. The normalized spacial score (nSPS) is 20.6. The van der Waals surface area contributed by atoms with Crippen molar-refractivity contribution in [2.24, 2.45) is 18.4 Å². The molecule has 3 heterocycles. The van der Waals surface area contributed by atoms with Crippen LogP contribution >= 0.6 is 11.6 Å². The molecule has 0 unspecified atom stereocenters. The Hall–Kier alpha value is -3.78. The third-order valence-corrected chi connectivity index (χ3v) is 9.16. The summed E-state index contributed by atoms with van der Waals surface area (Å²) in [5, 5.41) is 16.0. The number of nitrogens with one attached hydrogen (secondary N) is 1. The van der Waals surface area contributed by atoms with Gasteiger partial charge in [-0.05, 0) is 77.8 Å². The minimum Gasteiger partial charge on any atom is -0.369 e. The zero-order valence-corrected chi connectivity index (χ0v) is 24.6. The third kappa shape index (κ3) is 4.49. The van der Waals surface area contributed by atoms with Crippen molar-refractivity contribution in [3.63, 3.8) is 0 Å². The van der Waals surface area contributed by atoms with Crippen LogP contribution in [0, 0.1) is 11.3 Å². The zero-order valence-electron chi connectivity index (χ0n) is 23.9. The lowest BCUT2D eigenvalue weighted by Crippen LogP contribution is -2.59. The van der Waals surface area contributed by atoms with E-state index in [4.69, 9.17) is 16.7 Å². The molecular formula is C32H34ClN7O. The van der Waals surface area contributed by atoms with Crippen LogP contribution in [0.25, 0.3) is 21.7 Å². The predicted molar refractivity (Wildman–Crippen MR) is 163 cm³/mol. The van der Waals surface area contributed by atoms with E-state index in [0.29, 0.717) is 16.8 Å². The first-order chi connectivity index (χ1) is 19.6. The number of hydrogen-bond donors (Lipinski definition) is 1. The van der Waals surface area contributed by atoms with E-state index in [9.17, 15) is 4.79 Å². The minimum absolute atomic E-state index is 0.0129. The summed E-state index contributed by atoms with van der Waals surface area (Å²) in [6.07, 6.45) is 9.72. The number of pyridine rings is 1. The lowest BCUT2D eigenvalue weighted by Gasteiger charge is -2.61. The molecule has 0 radical (unpaired) electrons. The molecule has 5 aromatic rings. The van der Waals surface area contributed by atoms with Crippen LogP contribution < -0.4 is 10.9 Å². The number of rotatable bonds is 7. The van der Waals surface area contributed by atoms with Crippen molar-refractivity contribution in [2.75, 3.05) is 11.9 Å². The SMILES string of the molecule is Cn1ccc2c([C@H](Cc3cc(Cl)c4ncnc(NCC(C)(C)C)c4c3)c3cn(C45CC(C4)C5)nn3)cccc2c1=O. The standard InChI is InChI=1S/C32H34ClN7O/c1-31(2,3)17-34-29-25-11-19(12-26(33)28(25)35-18-36-29)10-24(27-16-40(38-37-27)32-13-20(14-32)15-32)21-6-5-7-23-22(21)8-9-39(4)30(23)41/h5-9,11-12,16,18,20,24H,10,13-15,17H2,1-4H3,(H,34,35,36)/t20?,24-,32?/m0/s1. The van der Waals surface area contributed by atoms with Gasteiger partial charge in [-0.2, -0.15) is 0 Å². The van der Waals surface area contributed by atoms with Crippen LogP contribution in [0.4, 0.5) is 5.82 Å². The van der Waals surface area contributed by atoms with E-state index < -0.39 is 0 Å². The second kappa shape index (κ2) is 9.38. The molecule has 41 heavy (non-hydrogen) atoms. The van der Waals surface area contributed by atoms with Crippen LogP contribution in [0.1, 0.15) is 62.8 Å². The highest BCUT2D eigenvalue weighted by Crippen LogP contribution is 2.62. The van der Waals surface area contributed by atoms with Gasteiger partial charge >= 0.3 is 0 Å². The summed E-state index contributed by atoms with van der Waals surface area (Å²) < 4.78 is 3.71. The first kappa shape index (κ1) is 26.1. The molecule has 3 aliphatic rings. The van der Waals surface area contributed by atoms with E-state index in [2.05, 4.69) is 64.3 Å². The number of halogens is 1. The lowest BCUT2D eigenvalue weighted by atomic mass is 9.50. The summed E-state index contributed by atoms with van der Waals surface area (Å²) in [4.78, 5) is 22.1. The molecule has 1 N–H and O–H groups in total. The van der Waals surface area contributed by atoms with Gasteiger partial charge in [0.05, 0.1) is 21.8 Å². The molecule has 8 rings (SSSR count). The first-order valence-corrected chi connectivity index (χ1v) is 14.7. The van der Waals surface area contributed by atoms with Gasteiger partial charge < -0.3 is 9.88 Å². The van der Waals surface area contributed by atoms with Crippen LogP contribution in [0.3, 0.4) is 0 Å². The molecule has 210 valence electrons. The van der Waals surface area contributed by atoms with E-state index in [1.807, 2.05) is 30.5 Å². The molecule has 2 bridgehead atoms. The van der Waals surface area contributed by atoms with Gasteiger partial charge in [0.15, 0.2) is 0 Å². The molecule has 0 saturated heterocycles. The molecule has 1 atom stereocenters. The molecule has 0 aliphatic heterocycles. The third-order valence-electron chi connectivity index (χ3n) is 8.87. The summed E-state index contributed by atoms with van der Waals surface area (Å²) in [6, 6.07) is 12.1. The lowest BCUT2D eigenvalue weighted by molar-refractivity contribution is -0.0989. The number of fused-ring (bicyclic) bond motifs is 2. The van der Waals surface area contributed by atoms with Gasteiger partial charge in [0.1, 0.15) is 12.1 Å². The molecule has 3 aromatic heterocycles. The van der Waals surface area contributed by atoms with Gasteiger partial charge in [0.25, 0.3) is 5.56 Å². The summed E-state index contributed by atoms with van der Waals surface area (Å²) in [7, 11) is 1.78. The Morgan fingerprint density at radius 1 is 1.10 bits per heavy atom. The molecule has 3 fully saturated rings. The average molecular weight is 568 g/mol. The highest BCUT2D eigenvalue weighted by atomic mass is 35.5. The van der Waals surface area contributed by atoms with Gasteiger partial charge in [-0.25, -0.2) is 14.6 Å². The van der Waals surface area contributed by atoms with Gasteiger partial charge in [0.2, 0.25) is 0 Å². The average Bonchev–Trinajstić information content (AvgIpc) is 3.35. The van der Waals surface area contributed by atoms with Gasteiger partial charge in [0, 0.05) is 42.7 Å². The topological polar surface area (TPSA) is 90.5 Å². The van der Waals surface area contributed by atoms with Crippen molar-refractivity contribution < 1.29 is 0 Å².